The molecule has 1 atom stereocenters. The van der Waals surface area contributed by atoms with E-state index in [1.165, 1.54) is 28.9 Å². The van der Waals surface area contributed by atoms with Crippen LogP contribution in [-0.2, 0) is 0 Å². The lowest BCUT2D eigenvalue weighted by Gasteiger charge is -2.19. The normalized spacial score (nSPS) is 12.8. The monoisotopic (exact) mass is 237 g/mol. The molecule has 0 aliphatic carbocycles. The van der Waals surface area contributed by atoms with Crippen LogP contribution in [-0.4, -0.2) is 18.6 Å². The van der Waals surface area contributed by atoms with Gasteiger partial charge in [0.2, 0.25) is 0 Å². The highest BCUT2D eigenvalue weighted by atomic mass is 32.2. The molecule has 1 aromatic rings. The van der Waals surface area contributed by atoms with Gasteiger partial charge in [-0.15, -0.1) is 0 Å². The second kappa shape index (κ2) is 6.97. The number of thioether (sulfide) groups is 1. The number of aryl methyl sites for hydroxylation is 1. The van der Waals surface area contributed by atoms with Gasteiger partial charge in [-0.25, -0.2) is 0 Å². The van der Waals surface area contributed by atoms with Crippen LogP contribution >= 0.6 is 11.8 Å². The van der Waals surface area contributed by atoms with Crippen LogP contribution < -0.4 is 5.32 Å². The third-order valence-electron chi connectivity index (χ3n) is 3.00. The third-order valence-corrected chi connectivity index (χ3v) is 4.27. The Morgan fingerprint density at radius 1 is 1.31 bits per heavy atom. The smallest absolute Gasteiger partial charge is 0.0412 e. The zero-order chi connectivity index (χ0) is 12.0. The molecule has 0 aromatic heterocycles. The van der Waals surface area contributed by atoms with Crippen molar-refractivity contribution in [1.29, 1.82) is 0 Å². The molecule has 0 spiro atoms. The Bertz CT molecular complexity index is 323. The van der Waals surface area contributed by atoms with E-state index in [1.807, 2.05) is 11.8 Å². The molecule has 1 aromatic carbocycles. The van der Waals surface area contributed by atoms with Crippen molar-refractivity contribution >= 4 is 11.8 Å². The predicted molar refractivity (Wildman–Crippen MR) is 75.3 cm³/mol. The Hall–Kier alpha value is -0.470. The summed E-state index contributed by atoms with van der Waals surface area (Å²) in [6.45, 7) is 6.64. The molecule has 16 heavy (non-hydrogen) atoms. The lowest BCUT2D eigenvalue weighted by atomic mass is 9.98. The summed E-state index contributed by atoms with van der Waals surface area (Å²) >= 11 is 2.03. The zero-order valence-corrected chi connectivity index (χ0v) is 11.7. The molecule has 0 aliphatic rings. The number of rotatable bonds is 6. The largest absolute Gasteiger partial charge is 0.312 e. The Morgan fingerprint density at radius 2 is 2.06 bits per heavy atom. The predicted octanol–water partition coefficient (Wildman–Crippen LogP) is 3.71. The van der Waals surface area contributed by atoms with Crippen LogP contribution in [0.4, 0.5) is 0 Å². The summed E-state index contributed by atoms with van der Waals surface area (Å²) < 4.78 is 0. The molecule has 0 bridgehead atoms. The number of benzene rings is 1. The minimum absolute atomic E-state index is 0.483. The fourth-order valence-electron chi connectivity index (χ4n) is 1.83. The van der Waals surface area contributed by atoms with Crippen molar-refractivity contribution < 1.29 is 0 Å². The second-order valence-electron chi connectivity index (χ2n) is 4.21. The lowest BCUT2D eigenvalue weighted by Crippen LogP contribution is -2.20. The van der Waals surface area contributed by atoms with Crippen LogP contribution in [0.5, 0.6) is 0 Å². The van der Waals surface area contributed by atoms with E-state index in [0.717, 1.165) is 5.75 Å². The van der Waals surface area contributed by atoms with Crippen molar-refractivity contribution in [3.05, 3.63) is 34.9 Å². The summed E-state index contributed by atoms with van der Waals surface area (Å²) in [5.74, 6) is 2.41. The molecule has 0 amide bonds. The first-order valence-corrected chi connectivity index (χ1v) is 7.17. The molecule has 0 radical (unpaired) electrons. The Balaban J connectivity index is 2.74. The average Bonchev–Trinajstić information content (AvgIpc) is 2.29. The van der Waals surface area contributed by atoms with Crippen molar-refractivity contribution in [2.24, 2.45) is 0 Å². The number of nitrogens with one attached hydrogen (secondary N) is 1. The molecule has 1 unspecified atom stereocenters. The molecule has 90 valence electrons. The van der Waals surface area contributed by atoms with Gasteiger partial charge in [-0.1, -0.05) is 25.1 Å². The van der Waals surface area contributed by atoms with E-state index >= 15 is 0 Å². The van der Waals surface area contributed by atoms with Crippen molar-refractivity contribution in [2.75, 3.05) is 18.6 Å². The SMILES string of the molecule is CCCSCC(NC)c1cccc(C)c1C. The summed E-state index contributed by atoms with van der Waals surface area (Å²) in [6.07, 6.45) is 1.26. The first kappa shape index (κ1) is 13.6. The molecular formula is C14H23NS. The van der Waals surface area contributed by atoms with Gasteiger partial charge in [0.05, 0.1) is 0 Å². The van der Waals surface area contributed by atoms with Crippen molar-refractivity contribution in [3.63, 3.8) is 0 Å². The molecule has 1 rings (SSSR count). The molecule has 0 saturated heterocycles. The van der Waals surface area contributed by atoms with Gasteiger partial charge < -0.3 is 5.32 Å². The highest BCUT2D eigenvalue weighted by Gasteiger charge is 2.12. The molecule has 1 N–H and O–H groups in total. The van der Waals surface area contributed by atoms with Gasteiger partial charge in [0, 0.05) is 11.8 Å². The van der Waals surface area contributed by atoms with E-state index in [4.69, 9.17) is 0 Å². The Labute approximate surface area is 104 Å². The maximum absolute atomic E-state index is 3.42. The van der Waals surface area contributed by atoms with Gasteiger partial charge in [-0.2, -0.15) is 11.8 Å². The minimum atomic E-state index is 0.483. The topological polar surface area (TPSA) is 12.0 Å². The van der Waals surface area contributed by atoms with Crippen LogP contribution in [0.25, 0.3) is 0 Å². The first-order valence-electron chi connectivity index (χ1n) is 6.01. The molecule has 0 aliphatic heterocycles. The van der Waals surface area contributed by atoms with Crippen molar-refractivity contribution in [2.45, 2.75) is 33.2 Å². The molecule has 1 nitrogen and oxygen atoms in total. The van der Waals surface area contributed by atoms with Gasteiger partial charge >= 0.3 is 0 Å². The Morgan fingerprint density at radius 3 is 2.69 bits per heavy atom. The standard InChI is InChI=1S/C14H23NS/c1-5-9-16-10-14(15-4)13-8-6-7-11(2)12(13)3/h6-8,14-15H,5,9-10H2,1-4H3. The van der Waals surface area contributed by atoms with E-state index in [2.05, 4.69) is 51.3 Å². The van der Waals surface area contributed by atoms with E-state index in [9.17, 15) is 0 Å². The summed E-state index contributed by atoms with van der Waals surface area (Å²) in [5.41, 5.74) is 4.27. The maximum Gasteiger partial charge on any atom is 0.0412 e. The lowest BCUT2D eigenvalue weighted by molar-refractivity contribution is 0.657. The van der Waals surface area contributed by atoms with Crippen LogP contribution in [0.2, 0.25) is 0 Å². The quantitative estimate of drug-likeness (QED) is 0.757. The van der Waals surface area contributed by atoms with Crippen LogP contribution in [0, 0.1) is 13.8 Å². The molecule has 0 fully saturated rings. The summed E-state index contributed by atoms with van der Waals surface area (Å²) in [7, 11) is 2.05. The third kappa shape index (κ3) is 3.53. The molecule has 0 heterocycles. The van der Waals surface area contributed by atoms with Gasteiger partial charge in [-0.05, 0) is 49.8 Å². The second-order valence-corrected chi connectivity index (χ2v) is 5.36. The number of hydrogen-bond acceptors (Lipinski definition) is 2. The first-order chi connectivity index (χ1) is 7.70. The van der Waals surface area contributed by atoms with Crippen LogP contribution in [0.1, 0.15) is 36.1 Å². The molecular weight excluding hydrogens is 214 g/mol. The zero-order valence-electron chi connectivity index (χ0n) is 10.8. The van der Waals surface area contributed by atoms with E-state index < -0.39 is 0 Å². The van der Waals surface area contributed by atoms with Crippen molar-refractivity contribution in [1.82, 2.24) is 5.32 Å². The van der Waals surface area contributed by atoms with Crippen LogP contribution in [0.3, 0.4) is 0 Å². The highest BCUT2D eigenvalue weighted by molar-refractivity contribution is 7.99. The maximum atomic E-state index is 3.42. The van der Waals surface area contributed by atoms with E-state index in [0.29, 0.717) is 6.04 Å². The summed E-state index contributed by atoms with van der Waals surface area (Å²) in [4.78, 5) is 0. The fourth-order valence-corrected chi connectivity index (χ4v) is 2.86. The number of hydrogen-bond donors (Lipinski definition) is 1. The molecule has 0 saturated carbocycles. The minimum Gasteiger partial charge on any atom is -0.312 e. The highest BCUT2D eigenvalue weighted by Crippen LogP contribution is 2.23. The molecule has 2 heteroatoms. The van der Waals surface area contributed by atoms with Gasteiger partial charge in [0.1, 0.15) is 0 Å². The average molecular weight is 237 g/mol. The van der Waals surface area contributed by atoms with Crippen LogP contribution in [0.15, 0.2) is 18.2 Å². The Kier molecular flexibility index (Phi) is 5.93. The summed E-state index contributed by atoms with van der Waals surface area (Å²) in [5, 5.41) is 3.42. The van der Waals surface area contributed by atoms with Crippen molar-refractivity contribution in [3.8, 4) is 0 Å². The van der Waals surface area contributed by atoms with E-state index in [-0.39, 0.29) is 0 Å². The summed E-state index contributed by atoms with van der Waals surface area (Å²) in [6, 6.07) is 7.07. The van der Waals surface area contributed by atoms with Gasteiger partial charge in [-0.3, -0.25) is 0 Å². The van der Waals surface area contributed by atoms with Gasteiger partial charge in [0.25, 0.3) is 0 Å². The van der Waals surface area contributed by atoms with E-state index in [1.54, 1.807) is 0 Å². The fraction of sp³-hybridized carbons (Fsp3) is 0.571. The van der Waals surface area contributed by atoms with Gasteiger partial charge in [0.15, 0.2) is 0 Å².